The number of aromatic nitrogens is 2. The van der Waals surface area contributed by atoms with Gasteiger partial charge in [-0.2, -0.15) is 5.10 Å². The fourth-order valence-corrected chi connectivity index (χ4v) is 2.53. The van der Waals surface area contributed by atoms with E-state index in [9.17, 15) is 0 Å². The van der Waals surface area contributed by atoms with Gasteiger partial charge in [-0.3, -0.25) is 4.68 Å². The standard InChI is InChI=1S/C11H21N4/c1-12-4-10-5-13-14(6-10)7-11-8-15(2,3)9-11/h5-6,11-12H,4,7-9H2,1-3H3/q+1. The fourth-order valence-electron chi connectivity index (χ4n) is 2.53. The molecular weight excluding hydrogens is 188 g/mol. The normalized spacial score (nSPS) is 20.2. The third kappa shape index (κ3) is 2.58. The summed E-state index contributed by atoms with van der Waals surface area (Å²) in [6.07, 6.45) is 4.10. The fraction of sp³-hybridized carbons (Fsp3) is 0.727. The number of hydrogen-bond donors (Lipinski definition) is 1. The second-order valence-corrected chi connectivity index (χ2v) is 5.27. The second-order valence-electron chi connectivity index (χ2n) is 5.27. The van der Waals surface area contributed by atoms with Crippen LogP contribution in [0.3, 0.4) is 0 Å². The van der Waals surface area contributed by atoms with Crippen molar-refractivity contribution in [1.29, 1.82) is 0 Å². The minimum Gasteiger partial charge on any atom is -0.328 e. The maximum Gasteiger partial charge on any atom is 0.0884 e. The monoisotopic (exact) mass is 209 g/mol. The van der Waals surface area contributed by atoms with Crippen LogP contribution in [-0.4, -0.2) is 48.5 Å². The van der Waals surface area contributed by atoms with Gasteiger partial charge in [0.25, 0.3) is 0 Å². The lowest BCUT2D eigenvalue weighted by atomic mass is 9.98. The molecule has 0 aromatic carbocycles. The van der Waals surface area contributed by atoms with Gasteiger partial charge in [-0.05, 0) is 7.05 Å². The number of likely N-dealkylation sites (tertiary alicyclic amines) is 1. The SMILES string of the molecule is CNCc1cnn(CC2C[N+](C)(C)C2)c1. The minimum atomic E-state index is 0.808. The van der Waals surface area contributed by atoms with E-state index in [1.807, 2.05) is 13.2 Å². The van der Waals surface area contributed by atoms with E-state index in [4.69, 9.17) is 0 Å². The van der Waals surface area contributed by atoms with Gasteiger partial charge in [0.2, 0.25) is 0 Å². The molecule has 1 N–H and O–H groups in total. The minimum absolute atomic E-state index is 0.808. The van der Waals surface area contributed by atoms with Crippen molar-refractivity contribution in [2.45, 2.75) is 13.1 Å². The van der Waals surface area contributed by atoms with Gasteiger partial charge in [0.05, 0.1) is 45.8 Å². The molecule has 15 heavy (non-hydrogen) atoms. The first-order chi connectivity index (χ1) is 7.09. The molecule has 0 unspecified atom stereocenters. The highest BCUT2D eigenvalue weighted by atomic mass is 15.4. The van der Waals surface area contributed by atoms with Gasteiger partial charge < -0.3 is 9.80 Å². The maximum absolute atomic E-state index is 4.37. The zero-order valence-corrected chi connectivity index (χ0v) is 9.90. The first-order valence-electron chi connectivity index (χ1n) is 5.57. The van der Waals surface area contributed by atoms with Gasteiger partial charge >= 0.3 is 0 Å². The highest BCUT2D eigenvalue weighted by Gasteiger charge is 2.36. The third-order valence-electron chi connectivity index (χ3n) is 3.02. The van der Waals surface area contributed by atoms with Crippen molar-refractivity contribution in [2.75, 3.05) is 34.2 Å². The van der Waals surface area contributed by atoms with E-state index >= 15 is 0 Å². The quantitative estimate of drug-likeness (QED) is 0.723. The van der Waals surface area contributed by atoms with E-state index in [0.29, 0.717) is 0 Å². The van der Waals surface area contributed by atoms with Crippen LogP contribution in [0.5, 0.6) is 0 Å². The summed E-state index contributed by atoms with van der Waals surface area (Å²) < 4.78 is 3.24. The summed E-state index contributed by atoms with van der Waals surface area (Å²) in [5.74, 6) is 0.808. The van der Waals surface area contributed by atoms with E-state index in [1.165, 1.54) is 18.7 Å². The molecule has 84 valence electrons. The molecule has 2 heterocycles. The molecule has 0 saturated carbocycles. The van der Waals surface area contributed by atoms with Crippen LogP contribution in [0.25, 0.3) is 0 Å². The third-order valence-corrected chi connectivity index (χ3v) is 3.02. The topological polar surface area (TPSA) is 29.9 Å². The van der Waals surface area contributed by atoms with Crippen molar-refractivity contribution in [3.05, 3.63) is 18.0 Å². The highest BCUT2D eigenvalue weighted by Crippen LogP contribution is 2.21. The van der Waals surface area contributed by atoms with E-state index < -0.39 is 0 Å². The summed E-state index contributed by atoms with van der Waals surface area (Å²) >= 11 is 0. The van der Waals surface area contributed by atoms with Crippen LogP contribution in [0, 0.1) is 5.92 Å². The summed E-state index contributed by atoms with van der Waals surface area (Å²) in [6.45, 7) is 4.54. The molecule has 1 aliphatic rings. The number of nitrogens with zero attached hydrogens (tertiary/aromatic N) is 3. The van der Waals surface area contributed by atoms with Gasteiger partial charge in [0.15, 0.2) is 0 Å². The summed E-state index contributed by atoms with van der Waals surface area (Å²) in [6, 6.07) is 0. The van der Waals surface area contributed by atoms with Crippen molar-refractivity contribution in [3.63, 3.8) is 0 Å². The first-order valence-corrected chi connectivity index (χ1v) is 5.57. The Morgan fingerprint density at radius 2 is 2.27 bits per heavy atom. The van der Waals surface area contributed by atoms with Crippen molar-refractivity contribution in [3.8, 4) is 0 Å². The Balaban J connectivity index is 1.84. The molecule has 4 heteroatoms. The van der Waals surface area contributed by atoms with Gasteiger partial charge in [0.1, 0.15) is 0 Å². The van der Waals surface area contributed by atoms with Gasteiger partial charge in [-0.1, -0.05) is 0 Å². The largest absolute Gasteiger partial charge is 0.328 e. The molecule has 0 bridgehead atoms. The molecular formula is C11H21N4+. The Morgan fingerprint density at radius 1 is 1.53 bits per heavy atom. The molecule has 2 rings (SSSR count). The maximum atomic E-state index is 4.37. The molecule has 1 fully saturated rings. The predicted octanol–water partition coefficient (Wildman–Crippen LogP) is 0.309. The van der Waals surface area contributed by atoms with Crippen LogP contribution in [0.2, 0.25) is 0 Å². The van der Waals surface area contributed by atoms with Crippen LogP contribution in [-0.2, 0) is 13.1 Å². The Morgan fingerprint density at radius 3 is 2.87 bits per heavy atom. The van der Waals surface area contributed by atoms with Gasteiger partial charge in [0, 0.05) is 18.3 Å². The summed E-state index contributed by atoms with van der Waals surface area (Å²) in [7, 11) is 6.53. The van der Waals surface area contributed by atoms with Crippen molar-refractivity contribution < 1.29 is 4.48 Å². The molecule has 1 aliphatic heterocycles. The van der Waals surface area contributed by atoms with Crippen molar-refractivity contribution >= 4 is 0 Å². The molecule has 4 nitrogen and oxygen atoms in total. The van der Waals surface area contributed by atoms with Crippen molar-refractivity contribution in [2.24, 2.45) is 5.92 Å². The molecule has 0 spiro atoms. The zero-order chi connectivity index (χ0) is 10.9. The Bertz CT molecular complexity index is 321. The average molecular weight is 209 g/mol. The number of nitrogens with one attached hydrogen (secondary N) is 1. The molecule has 0 atom stereocenters. The molecule has 1 aromatic rings. The van der Waals surface area contributed by atoms with Crippen LogP contribution >= 0.6 is 0 Å². The summed E-state index contributed by atoms with van der Waals surface area (Å²) in [5.41, 5.74) is 1.27. The van der Waals surface area contributed by atoms with Crippen LogP contribution in [0.15, 0.2) is 12.4 Å². The molecule has 0 radical (unpaired) electrons. The molecule has 1 saturated heterocycles. The lowest BCUT2D eigenvalue weighted by Gasteiger charge is -2.44. The number of hydrogen-bond acceptors (Lipinski definition) is 2. The number of quaternary nitrogens is 1. The van der Waals surface area contributed by atoms with Crippen molar-refractivity contribution in [1.82, 2.24) is 15.1 Å². The van der Waals surface area contributed by atoms with Crippen LogP contribution < -0.4 is 5.32 Å². The number of rotatable bonds is 4. The predicted molar refractivity (Wildman–Crippen MR) is 60.3 cm³/mol. The smallest absolute Gasteiger partial charge is 0.0884 e. The zero-order valence-electron chi connectivity index (χ0n) is 9.90. The van der Waals surface area contributed by atoms with E-state index in [2.05, 4.69) is 35.4 Å². The first kappa shape index (κ1) is 10.6. The Kier molecular flexibility index (Phi) is 2.80. The highest BCUT2D eigenvalue weighted by molar-refractivity contribution is 5.03. The average Bonchev–Trinajstić information content (AvgIpc) is 2.50. The Labute approximate surface area is 91.5 Å². The van der Waals surface area contributed by atoms with Crippen LogP contribution in [0.1, 0.15) is 5.56 Å². The molecule has 0 amide bonds. The lowest BCUT2D eigenvalue weighted by Crippen LogP contribution is -2.59. The molecule has 1 aromatic heterocycles. The lowest BCUT2D eigenvalue weighted by molar-refractivity contribution is -0.939. The van der Waals surface area contributed by atoms with Gasteiger partial charge in [-0.25, -0.2) is 0 Å². The Hall–Kier alpha value is -0.870. The second kappa shape index (κ2) is 3.94. The van der Waals surface area contributed by atoms with Crippen LogP contribution in [0.4, 0.5) is 0 Å². The van der Waals surface area contributed by atoms with E-state index in [1.54, 1.807) is 0 Å². The van der Waals surface area contributed by atoms with E-state index in [0.717, 1.165) is 23.5 Å². The summed E-state index contributed by atoms with van der Waals surface area (Å²) in [5, 5.41) is 7.51. The summed E-state index contributed by atoms with van der Waals surface area (Å²) in [4.78, 5) is 0. The molecule has 0 aliphatic carbocycles. The van der Waals surface area contributed by atoms with Gasteiger partial charge in [-0.15, -0.1) is 0 Å². The van der Waals surface area contributed by atoms with E-state index in [-0.39, 0.29) is 0 Å².